The van der Waals surface area contributed by atoms with Gasteiger partial charge in [-0.3, -0.25) is 14.5 Å². The third kappa shape index (κ3) is 3.68. The monoisotopic (exact) mass is 352 g/mol. The number of nitrogens with one attached hydrogen (secondary N) is 1. The number of carbonyl (C=O) groups excluding carboxylic acids is 2. The van der Waals surface area contributed by atoms with Gasteiger partial charge in [-0.2, -0.15) is 0 Å². The predicted molar refractivity (Wildman–Crippen MR) is 86.4 cm³/mol. The second kappa shape index (κ2) is 7.35. The zero-order valence-corrected chi connectivity index (χ0v) is 13.9. The van der Waals surface area contributed by atoms with E-state index in [0.29, 0.717) is 11.3 Å². The Morgan fingerprint density at radius 2 is 1.92 bits per heavy atom. The Kier molecular flexibility index (Phi) is 5.46. The molecule has 2 rings (SSSR count). The maximum absolute atomic E-state index is 12.1. The van der Waals surface area contributed by atoms with Crippen LogP contribution in [0.2, 0.25) is 0 Å². The van der Waals surface area contributed by atoms with Crippen molar-refractivity contribution in [3.8, 4) is 5.75 Å². The number of carbonyl (C=O) groups is 3. The minimum Gasteiger partial charge on any atom is -0.484 e. The van der Waals surface area contributed by atoms with Gasteiger partial charge in [0.25, 0.3) is 11.8 Å². The largest absolute Gasteiger partial charge is 0.484 e. The molecular weight excluding hydrogens is 336 g/mol. The first-order chi connectivity index (χ1) is 11.3. The molecule has 0 aromatic heterocycles. The summed E-state index contributed by atoms with van der Waals surface area (Å²) in [6.45, 7) is 2.87. The van der Waals surface area contributed by atoms with Crippen LogP contribution in [0, 0.1) is 0 Å². The van der Waals surface area contributed by atoms with Crippen molar-refractivity contribution in [3.63, 3.8) is 0 Å². The lowest BCUT2D eigenvalue weighted by Gasteiger charge is -2.43. The van der Waals surface area contributed by atoms with E-state index in [0.717, 1.165) is 4.90 Å². The minimum atomic E-state index is -1.24. The van der Waals surface area contributed by atoms with Crippen LogP contribution in [0.3, 0.4) is 0 Å². The van der Waals surface area contributed by atoms with Crippen molar-refractivity contribution < 1.29 is 24.2 Å². The van der Waals surface area contributed by atoms with Crippen molar-refractivity contribution in [1.29, 1.82) is 0 Å². The summed E-state index contributed by atoms with van der Waals surface area (Å²) < 4.78 is 5.28. The standard InChI is InChI=1S/C16H17ClN2O5/c1-9(2)13(16(22)23)19-14(17)12(15(19)21)18-11(20)8-24-10-6-4-3-5-7-10/h3-7,12,14H,8H2,1-2H3,(H,18,20)(H,22,23). The van der Waals surface area contributed by atoms with Gasteiger partial charge in [-0.25, -0.2) is 4.79 Å². The Hall–Kier alpha value is -2.54. The number of aliphatic carboxylic acids is 1. The van der Waals surface area contributed by atoms with Gasteiger partial charge in [-0.05, 0) is 31.6 Å². The number of hydrogen-bond acceptors (Lipinski definition) is 4. The third-order valence-corrected chi connectivity index (χ3v) is 3.82. The van der Waals surface area contributed by atoms with Gasteiger partial charge in [-0.15, -0.1) is 0 Å². The fraction of sp³-hybridized carbons (Fsp3) is 0.312. The number of rotatable bonds is 6. The van der Waals surface area contributed by atoms with Crippen molar-refractivity contribution in [1.82, 2.24) is 10.2 Å². The highest BCUT2D eigenvalue weighted by molar-refractivity contribution is 6.27. The Morgan fingerprint density at radius 3 is 2.42 bits per heavy atom. The van der Waals surface area contributed by atoms with Gasteiger partial charge in [0.1, 0.15) is 23.0 Å². The summed E-state index contributed by atoms with van der Waals surface area (Å²) in [6.07, 6.45) is 0. The normalized spacial score (nSPS) is 19.3. The number of benzene rings is 1. The number of alkyl halides is 1. The molecular formula is C16H17ClN2O5. The average molecular weight is 353 g/mol. The molecule has 24 heavy (non-hydrogen) atoms. The zero-order valence-electron chi connectivity index (χ0n) is 13.2. The summed E-state index contributed by atoms with van der Waals surface area (Å²) in [4.78, 5) is 36.2. The van der Waals surface area contributed by atoms with Crippen LogP contribution >= 0.6 is 11.6 Å². The summed E-state index contributed by atoms with van der Waals surface area (Å²) in [5.74, 6) is -1.81. The number of nitrogens with zero attached hydrogens (tertiary/aromatic N) is 1. The van der Waals surface area contributed by atoms with Crippen LogP contribution in [0.25, 0.3) is 0 Å². The number of amides is 2. The number of halogens is 1. The van der Waals surface area contributed by atoms with E-state index in [1.807, 2.05) is 6.07 Å². The number of allylic oxidation sites excluding steroid dienone is 1. The number of ether oxygens (including phenoxy) is 1. The van der Waals surface area contributed by atoms with Crippen LogP contribution in [0.1, 0.15) is 13.8 Å². The lowest BCUT2D eigenvalue weighted by Crippen LogP contribution is -2.69. The number of para-hydroxylation sites is 1. The van der Waals surface area contributed by atoms with Crippen LogP contribution in [0.5, 0.6) is 5.75 Å². The molecule has 0 spiro atoms. The average Bonchev–Trinajstić information content (AvgIpc) is 2.55. The van der Waals surface area contributed by atoms with E-state index < -0.39 is 29.3 Å². The van der Waals surface area contributed by atoms with E-state index in [1.54, 1.807) is 38.1 Å². The third-order valence-electron chi connectivity index (χ3n) is 3.37. The highest BCUT2D eigenvalue weighted by atomic mass is 35.5. The second-order valence-electron chi connectivity index (χ2n) is 5.38. The van der Waals surface area contributed by atoms with Gasteiger partial charge in [0, 0.05) is 0 Å². The predicted octanol–water partition coefficient (Wildman–Crippen LogP) is 1.34. The van der Waals surface area contributed by atoms with Crippen LogP contribution in [0.15, 0.2) is 41.6 Å². The number of likely N-dealkylation sites (tertiary alicyclic amines) is 1. The number of carboxylic acid groups (broad SMARTS) is 1. The molecule has 1 aromatic carbocycles. The summed E-state index contributed by atoms with van der Waals surface area (Å²) in [5.41, 5.74) is -0.691. The van der Waals surface area contributed by atoms with E-state index >= 15 is 0 Å². The molecule has 2 amide bonds. The first-order valence-corrected chi connectivity index (χ1v) is 7.61. The van der Waals surface area contributed by atoms with Gasteiger partial charge >= 0.3 is 5.97 Å². The molecule has 2 N–H and O–H groups in total. The van der Waals surface area contributed by atoms with Crippen LogP contribution < -0.4 is 10.1 Å². The summed E-state index contributed by atoms with van der Waals surface area (Å²) in [5, 5.41) is 11.6. The first-order valence-electron chi connectivity index (χ1n) is 7.18. The highest BCUT2D eigenvalue weighted by Crippen LogP contribution is 2.30. The molecule has 128 valence electrons. The Morgan fingerprint density at radius 1 is 1.29 bits per heavy atom. The topological polar surface area (TPSA) is 95.9 Å². The fourth-order valence-electron chi connectivity index (χ4n) is 2.26. The fourth-order valence-corrected chi connectivity index (χ4v) is 2.62. The molecule has 0 aliphatic carbocycles. The van der Waals surface area contributed by atoms with Crippen molar-refractivity contribution in [2.45, 2.75) is 25.4 Å². The minimum absolute atomic E-state index is 0.175. The van der Waals surface area contributed by atoms with Gasteiger partial charge in [0.15, 0.2) is 6.61 Å². The van der Waals surface area contributed by atoms with E-state index in [1.165, 1.54) is 0 Å². The van der Waals surface area contributed by atoms with E-state index in [9.17, 15) is 19.5 Å². The molecule has 1 fully saturated rings. The molecule has 2 unspecified atom stereocenters. The molecule has 1 aromatic rings. The smallest absolute Gasteiger partial charge is 0.352 e. The molecule has 0 radical (unpaired) electrons. The Bertz CT molecular complexity index is 685. The lowest BCUT2D eigenvalue weighted by molar-refractivity contribution is -0.151. The summed E-state index contributed by atoms with van der Waals surface area (Å²) >= 11 is 6.07. The quantitative estimate of drug-likeness (QED) is 0.348. The molecule has 1 heterocycles. The summed E-state index contributed by atoms with van der Waals surface area (Å²) in [6, 6.07) is 7.76. The molecule has 0 bridgehead atoms. The Labute approximate surface area is 143 Å². The second-order valence-corrected chi connectivity index (χ2v) is 5.83. The van der Waals surface area contributed by atoms with E-state index in [4.69, 9.17) is 16.3 Å². The van der Waals surface area contributed by atoms with Gasteiger partial charge < -0.3 is 15.2 Å². The van der Waals surface area contributed by atoms with Crippen molar-refractivity contribution in [2.75, 3.05) is 6.61 Å². The van der Waals surface area contributed by atoms with E-state index in [2.05, 4.69) is 5.32 Å². The maximum atomic E-state index is 12.1. The SMILES string of the molecule is CC(C)=C(C(=O)O)N1C(=O)C(NC(=O)COc2ccccc2)C1Cl. The number of hydrogen-bond donors (Lipinski definition) is 2. The van der Waals surface area contributed by atoms with Crippen molar-refractivity contribution in [3.05, 3.63) is 41.6 Å². The maximum Gasteiger partial charge on any atom is 0.352 e. The Balaban J connectivity index is 1.93. The number of β-lactam (4-membered cyclic amide) rings is 1. The van der Waals surface area contributed by atoms with Crippen LogP contribution in [-0.2, 0) is 14.4 Å². The molecule has 8 heteroatoms. The molecule has 1 saturated heterocycles. The van der Waals surface area contributed by atoms with Gasteiger partial charge in [-0.1, -0.05) is 29.8 Å². The molecule has 1 aliphatic rings. The van der Waals surface area contributed by atoms with E-state index in [-0.39, 0.29) is 12.3 Å². The van der Waals surface area contributed by atoms with Gasteiger partial charge in [0.2, 0.25) is 0 Å². The number of carboxylic acids is 1. The van der Waals surface area contributed by atoms with Crippen LogP contribution in [0.4, 0.5) is 0 Å². The zero-order chi connectivity index (χ0) is 17.9. The molecule has 1 aliphatic heterocycles. The van der Waals surface area contributed by atoms with Crippen molar-refractivity contribution in [2.24, 2.45) is 0 Å². The first kappa shape index (κ1) is 17.8. The van der Waals surface area contributed by atoms with Gasteiger partial charge in [0.05, 0.1) is 0 Å². The molecule has 2 atom stereocenters. The van der Waals surface area contributed by atoms with Crippen molar-refractivity contribution >= 4 is 29.4 Å². The van der Waals surface area contributed by atoms with Crippen LogP contribution in [-0.4, -0.2) is 45.9 Å². The highest BCUT2D eigenvalue weighted by Gasteiger charge is 2.50. The molecule has 7 nitrogen and oxygen atoms in total. The summed E-state index contributed by atoms with van der Waals surface area (Å²) in [7, 11) is 0. The lowest BCUT2D eigenvalue weighted by atomic mass is 10.0. The molecule has 0 saturated carbocycles.